The van der Waals surface area contributed by atoms with E-state index in [1.807, 2.05) is 11.1 Å². The van der Waals surface area contributed by atoms with Crippen LogP contribution in [-0.2, 0) is 11.3 Å². The molecule has 1 fully saturated rings. The summed E-state index contributed by atoms with van der Waals surface area (Å²) in [5.74, 6) is -0.138. The van der Waals surface area contributed by atoms with Gasteiger partial charge < -0.3 is 9.80 Å². The minimum absolute atomic E-state index is 0.0440. The van der Waals surface area contributed by atoms with Crippen LogP contribution in [0.4, 0.5) is 5.69 Å². The highest BCUT2D eigenvalue weighted by atomic mass is 16.2. The molecule has 1 aliphatic rings. The van der Waals surface area contributed by atoms with Crippen molar-refractivity contribution in [3.05, 3.63) is 54.9 Å². The molecule has 1 aliphatic heterocycles. The van der Waals surface area contributed by atoms with Gasteiger partial charge in [-0.3, -0.25) is 14.3 Å². The van der Waals surface area contributed by atoms with Gasteiger partial charge in [-0.1, -0.05) is 11.8 Å². The van der Waals surface area contributed by atoms with Crippen molar-refractivity contribution in [2.75, 3.05) is 18.5 Å². The molecule has 1 aromatic carbocycles. The molecule has 142 valence electrons. The zero-order valence-corrected chi connectivity index (χ0v) is 15.6. The standard InChI is InChI=1S/C20H25N5O2/c1-3-19(26)23(2)17-9-7-16(8-10-17)20(27)25-13-5-4-6-18(25)11-14-24-15-12-21-22-24/h3,7-10,12,15,18H,1,4-6,11,13-14H2,2H3. The number of nitrogens with zero attached hydrogens (tertiary/aromatic N) is 5. The van der Waals surface area contributed by atoms with E-state index in [2.05, 4.69) is 16.9 Å². The minimum Gasteiger partial charge on any atom is -0.336 e. The summed E-state index contributed by atoms with van der Waals surface area (Å²) in [6.45, 7) is 5.02. The lowest BCUT2D eigenvalue weighted by molar-refractivity contribution is -0.113. The van der Waals surface area contributed by atoms with Crippen molar-refractivity contribution in [2.24, 2.45) is 0 Å². The number of aryl methyl sites for hydroxylation is 1. The maximum Gasteiger partial charge on any atom is 0.254 e. The monoisotopic (exact) mass is 367 g/mol. The first kappa shape index (κ1) is 18.8. The summed E-state index contributed by atoms with van der Waals surface area (Å²) in [7, 11) is 1.69. The Kier molecular flexibility index (Phi) is 6.01. The molecule has 1 saturated heterocycles. The Hall–Kier alpha value is -2.96. The quantitative estimate of drug-likeness (QED) is 0.736. The maximum atomic E-state index is 13.0. The van der Waals surface area contributed by atoms with E-state index < -0.39 is 0 Å². The topological polar surface area (TPSA) is 71.3 Å². The number of anilines is 1. The van der Waals surface area contributed by atoms with Gasteiger partial charge in [-0.25, -0.2) is 0 Å². The third kappa shape index (κ3) is 4.42. The van der Waals surface area contributed by atoms with E-state index in [9.17, 15) is 9.59 Å². The Balaban J connectivity index is 1.68. The molecule has 0 saturated carbocycles. The van der Waals surface area contributed by atoms with Gasteiger partial charge in [0.15, 0.2) is 0 Å². The van der Waals surface area contributed by atoms with Gasteiger partial charge in [-0.2, -0.15) is 0 Å². The van der Waals surface area contributed by atoms with E-state index in [-0.39, 0.29) is 17.9 Å². The molecule has 7 nitrogen and oxygen atoms in total. The molecule has 0 bridgehead atoms. The fourth-order valence-corrected chi connectivity index (χ4v) is 3.46. The van der Waals surface area contributed by atoms with Gasteiger partial charge in [0.1, 0.15) is 0 Å². The number of aromatic nitrogens is 3. The number of likely N-dealkylation sites (N-methyl/N-ethyl adjacent to an activating group) is 1. The molecule has 7 heteroatoms. The molecule has 0 spiro atoms. The van der Waals surface area contributed by atoms with Crippen LogP contribution in [0.25, 0.3) is 0 Å². The van der Waals surface area contributed by atoms with Crippen molar-refractivity contribution in [1.29, 1.82) is 0 Å². The Bertz CT molecular complexity index is 785. The molecule has 2 amide bonds. The molecule has 0 N–H and O–H groups in total. The second-order valence-corrected chi connectivity index (χ2v) is 6.75. The van der Waals surface area contributed by atoms with Gasteiger partial charge in [0.05, 0.1) is 6.20 Å². The van der Waals surface area contributed by atoms with Gasteiger partial charge in [0.25, 0.3) is 5.91 Å². The number of rotatable bonds is 6. The molecular formula is C20H25N5O2. The SMILES string of the molecule is C=CC(=O)N(C)c1ccc(C(=O)N2CCCCC2CCn2ccnn2)cc1. The maximum absolute atomic E-state index is 13.0. The van der Waals surface area contributed by atoms with Crippen LogP contribution in [0.1, 0.15) is 36.0 Å². The van der Waals surface area contributed by atoms with Gasteiger partial charge >= 0.3 is 0 Å². The van der Waals surface area contributed by atoms with Gasteiger partial charge in [0, 0.05) is 43.6 Å². The third-order valence-electron chi connectivity index (χ3n) is 5.06. The second kappa shape index (κ2) is 8.62. The van der Waals surface area contributed by atoms with Gasteiger partial charge in [0.2, 0.25) is 5.91 Å². The molecule has 1 aromatic heterocycles. The normalized spacial score (nSPS) is 16.8. The summed E-state index contributed by atoms with van der Waals surface area (Å²) >= 11 is 0. The highest BCUT2D eigenvalue weighted by molar-refractivity contribution is 6.01. The lowest BCUT2D eigenvalue weighted by atomic mass is 9.98. The van der Waals surface area contributed by atoms with Crippen molar-refractivity contribution >= 4 is 17.5 Å². The summed E-state index contributed by atoms with van der Waals surface area (Å²) in [6, 6.07) is 7.37. The molecule has 2 heterocycles. The number of carbonyl (C=O) groups is 2. The molecular weight excluding hydrogens is 342 g/mol. The third-order valence-corrected chi connectivity index (χ3v) is 5.06. The largest absolute Gasteiger partial charge is 0.336 e. The minimum atomic E-state index is -0.182. The van der Waals surface area contributed by atoms with E-state index in [0.29, 0.717) is 5.56 Å². The summed E-state index contributed by atoms with van der Waals surface area (Å²) in [4.78, 5) is 28.2. The predicted molar refractivity (Wildman–Crippen MR) is 103 cm³/mol. The van der Waals surface area contributed by atoms with Crippen molar-refractivity contribution in [3.8, 4) is 0 Å². The van der Waals surface area contributed by atoms with Crippen LogP contribution in [0.2, 0.25) is 0 Å². The van der Waals surface area contributed by atoms with E-state index in [1.54, 1.807) is 42.2 Å². The van der Waals surface area contributed by atoms with Crippen LogP contribution >= 0.6 is 0 Å². The van der Waals surface area contributed by atoms with Crippen molar-refractivity contribution in [2.45, 2.75) is 38.3 Å². The number of hydrogen-bond acceptors (Lipinski definition) is 4. The summed E-state index contributed by atoms with van der Waals surface area (Å²) in [5.41, 5.74) is 1.38. The first-order chi connectivity index (χ1) is 13.1. The van der Waals surface area contributed by atoms with E-state index >= 15 is 0 Å². The highest BCUT2D eigenvalue weighted by Gasteiger charge is 2.27. The van der Waals surface area contributed by atoms with Crippen molar-refractivity contribution in [3.63, 3.8) is 0 Å². The zero-order valence-electron chi connectivity index (χ0n) is 15.6. The number of hydrogen-bond donors (Lipinski definition) is 0. The van der Waals surface area contributed by atoms with E-state index in [0.717, 1.165) is 44.5 Å². The summed E-state index contributed by atoms with van der Waals surface area (Å²) < 4.78 is 1.80. The van der Waals surface area contributed by atoms with E-state index in [1.165, 1.54) is 11.0 Å². The Labute approximate surface area is 159 Å². The second-order valence-electron chi connectivity index (χ2n) is 6.75. The zero-order chi connectivity index (χ0) is 19.2. The van der Waals surface area contributed by atoms with Crippen LogP contribution in [0.3, 0.4) is 0 Å². The smallest absolute Gasteiger partial charge is 0.254 e. The number of benzene rings is 1. The molecule has 3 rings (SSSR count). The molecule has 27 heavy (non-hydrogen) atoms. The number of amides is 2. The Morgan fingerprint density at radius 1 is 1.30 bits per heavy atom. The first-order valence-corrected chi connectivity index (χ1v) is 9.25. The summed E-state index contributed by atoms with van der Waals surface area (Å²) in [5, 5.41) is 7.83. The number of carbonyl (C=O) groups excluding carboxylic acids is 2. The van der Waals surface area contributed by atoms with E-state index in [4.69, 9.17) is 0 Å². The Morgan fingerprint density at radius 2 is 2.07 bits per heavy atom. The van der Waals surface area contributed by atoms with Crippen molar-refractivity contribution < 1.29 is 9.59 Å². The predicted octanol–water partition coefficient (Wildman–Crippen LogP) is 2.51. The van der Waals surface area contributed by atoms with Gasteiger partial charge in [-0.05, 0) is 56.0 Å². The van der Waals surface area contributed by atoms with Crippen LogP contribution < -0.4 is 4.90 Å². The average molecular weight is 367 g/mol. The van der Waals surface area contributed by atoms with Crippen LogP contribution in [-0.4, -0.2) is 51.3 Å². The van der Waals surface area contributed by atoms with Crippen molar-refractivity contribution in [1.82, 2.24) is 19.9 Å². The highest BCUT2D eigenvalue weighted by Crippen LogP contribution is 2.23. The van der Waals surface area contributed by atoms with Crippen LogP contribution in [0, 0.1) is 0 Å². The van der Waals surface area contributed by atoms with Gasteiger partial charge in [-0.15, -0.1) is 5.10 Å². The number of piperidine rings is 1. The Morgan fingerprint density at radius 3 is 2.74 bits per heavy atom. The molecule has 0 radical (unpaired) electrons. The summed E-state index contributed by atoms with van der Waals surface area (Å²) in [6.07, 6.45) is 8.82. The first-order valence-electron chi connectivity index (χ1n) is 9.25. The fraction of sp³-hybridized carbons (Fsp3) is 0.400. The molecule has 2 aromatic rings. The lowest BCUT2D eigenvalue weighted by Gasteiger charge is -2.36. The fourth-order valence-electron chi connectivity index (χ4n) is 3.46. The molecule has 0 aliphatic carbocycles. The lowest BCUT2D eigenvalue weighted by Crippen LogP contribution is -2.44. The number of likely N-dealkylation sites (tertiary alicyclic amines) is 1. The molecule has 1 atom stereocenters. The average Bonchev–Trinajstić information content (AvgIpc) is 3.24. The van der Waals surface area contributed by atoms with Crippen LogP contribution in [0.5, 0.6) is 0 Å². The van der Waals surface area contributed by atoms with Crippen LogP contribution in [0.15, 0.2) is 49.3 Å². The molecule has 1 unspecified atom stereocenters.